The normalized spacial score (nSPS) is 17.3. The molecule has 0 bridgehead atoms. The van der Waals surface area contributed by atoms with Crippen LogP contribution in [0.4, 0.5) is 0 Å². The van der Waals surface area contributed by atoms with Crippen LogP contribution in [0.15, 0.2) is 18.6 Å². The van der Waals surface area contributed by atoms with E-state index in [1.54, 1.807) is 6.20 Å². The first-order chi connectivity index (χ1) is 9.29. The van der Waals surface area contributed by atoms with E-state index in [0.717, 1.165) is 39.3 Å². The van der Waals surface area contributed by atoms with E-state index in [2.05, 4.69) is 32.0 Å². The Balaban J connectivity index is 1.66. The Morgan fingerprint density at radius 3 is 2.63 bits per heavy atom. The molecule has 1 fully saturated rings. The van der Waals surface area contributed by atoms with Crippen molar-refractivity contribution < 1.29 is 4.79 Å². The number of piperazine rings is 1. The molecule has 0 aromatic carbocycles. The van der Waals surface area contributed by atoms with Crippen LogP contribution >= 0.6 is 0 Å². The SMILES string of the molecule is CCN1CCN(CCNC(=O)c2cnccn2)CC1. The van der Waals surface area contributed by atoms with Gasteiger partial charge in [0.05, 0.1) is 6.20 Å². The van der Waals surface area contributed by atoms with Crippen LogP contribution in [0.5, 0.6) is 0 Å². The highest BCUT2D eigenvalue weighted by Crippen LogP contribution is 2.00. The first-order valence-corrected chi connectivity index (χ1v) is 6.78. The topological polar surface area (TPSA) is 61.4 Å². The van der Waals surface area contributed by atoms with Gasteiger partial charge in [-0.25, -0.2) is 4.98 Å². The summed E-state index contributed by atoms with van der Waals surface area (Å²) >= 11 is 0. The number of rotatable bonds is 5. The van der Waals surface area contributed by atoms with Crippen LogP contribution in [0.25, 0.3) is 0 Å². The number of amides is 1. The first-order valence-electron chi connectivity index (χ1n) is 6.78. The molecule has 6 nitrogen and oxygen atoms in total. The molecule has 2 rings (SSSR count). The standard InChI is InChI=1S/C13H21N5O/c1-2-17-7-9-18(10-8-17)6-5-16-13(19)12-11-14-3-4-15-12/h3-4,11H,2,5-10H2,1H3,(H,16,19). The average Bonchev–Trinajstić information content (AvgIpc) is 2.49. The van der Waals surface area contributed by atoms with Crippen LogP contribution in [0, 0.1) is 0 Å². The number of hydrogen-bond acceptors (Lipinski definition) is 5. The molecular weight excluding hydrogens is 242 g/mol. The number of likely N-dealkylation sites (N-methyl/N-ethyl adjacent to an activating group) is 1. The molecule has 1 aromatic rings. The predicted molar refractivity (Wildman–Crippen MR) is 72.9 cm³/mol. The van der Waals surface area contributed by atoms with E-state index in [0.29, 0.717) is 12.2 Å². The number of carbonyl (C=O) groups is 1. The molecule has 6 heteroatoms. The zero-order chi connectivity index (χ0) is 13.5. The summed E-state index contributed by atoms with van der Waals surface area (Å²) in [6.07, 6.45) is 4.57. The Hall–Kier alpha value is -1.53. The average molecular weight is 263 g/mol. The van der Waals surface area contributed by atoms with Gasteiger partial charge in [-0.1, -0.05) is 6.92 Å². The van der Waals surface area contributed by atoms with Gasteiger partial charge in [0.15, 0.2) is 0 Å². The van der Waals surface area contributed by atoms with Crippen LogP contribution in [0.3, 0.4) is 0 Å². The number of aromatic nitrogens is 2. The second kappa shape index (κ2) is 7.16. The zero-order valence-electron chi connectivity index (χ0n) is 11.4. The van der Waals surface area contributed by atoms with Crippen molar-refractivity contribution in [1.29, 1.82) is 0 Å². The molecule has 1 amide bonds. The number of carbonyl (C=O) groups excluding carboxylic acids is 1. The Morgan fingerprint density at radius 1 is 1.26 bits per heavy atom. The summed E-state index contributed by atoms with van der Waals surface area (Å²) in [6.45, 7) is 9.26. The second-order valence-electron chi connectivity index (χ2n) is 4.62. The van der Waals surface area contributed by atoms with Gasteiger partial charge in [-0.2, -0.15) is 0 Å². The highest BCUT2D eigenvalue weighted by molar-refractivity contribution is 5.91. The number of nitrogens with one attached hydrogen (secondary N) is 1. The van der Waals surface area contributed by atoms with Crippen LogP contribution in [0.2, 0.25) is 0 Å². The third-order valence-corrected chi connectivity index (χ3v) is 3.42. The Labute approximate surface area is 113 Å². The molecule has 1 aliphatic rings. The molecule has 0 atom stereocenters. The van der Waals surface area contributed by atoms with Gasteiger partial charge in [0.2, 0.25) is 0 Å². The fourth-order valence-electron chi connectivity index (χ4n) is 2.16. The minimum atomic E-state index is -0.153. The summed E-state index contributed by atoms with van der Waals surface area (Å²) in [5, 5.41) is 2.87. The van der Waals surface area contributed by atoms with E-state index < -0.39 is 0 Å². The summed E-state index contributed by atoms with van der Waals surface area (Å²) in [5.74, 6) is -0.153. The summed E-state index contributed by atoms with van der Waals surface area (Å²) < 4.78 is 0. The Kier molecular flexibility index (Phi) is 5.23. The highest BCUT2D eigenvalue weighted by Gasteiger charge is 2.15. The lowest BCUT2D eigenvalue weighted by Crippen LogP contribution is -2.48. The van der Waals surface area contributed by atoms with Crippen LogP contribution in [-0.4, -0.2) is 71.5 Å². The third-order valence-electron chi connectivity index (χ3n) is 3.42. The molecule has 1 aromatic heterocycles. The molecule has 1 N–H and O–H groups in total. The maximum Gasteiger partial charge on any atom is 0.271 e. The van der Waals surface area contributed by atoms with Gasteiger partial charge < -0.3 is 10.2 Å². The van der Waals surface area contributed by atoms with Crippen molar-refractivity contribution in [3.05, 3.63) is 24.3 Å². The smallest absolute Gasteiger partial charge is 0.271 e. The molecule has 0 unspecified atom stereocenters. The van der Waals surface area contributed by atoms with E-state index in [-0.39, 0.29) is 5.91 Å². The maximum atomic E-state index is 11.7. The van der Waals surface area contributed by atoms with Crippen molar-refractivity contribution in [1.82, 2.24) is 25.1 Å². The number of nitrogens with zero attached hydrogens (tertiary/aromatic N) is 4. The first kappa shape index (κ1) is 13.9. The van der Waals surface area contributed by atoms with Crippen LogP contribution < -0.4 is 5.32 Å². The fraction of sp³-hybridized carbons (Fsp3) is 0.615. The van der Waals surface area contributed by atoms with Gasteiger partial charge in [0.1, 0.15) is 5.69 Å². The monoisotopic (exact) mass is 263 g/mol. The van der Waals surface area contributed by atoms with Gasteiger partial charge in [0.25, 0.3) is 5.91 Å². The molecule has 19 heavy (non-hydrogen) atoms. The molecule has 2 heterocycles. The Morgan fingerprint density at radius 2 is 2.00 bits per heavy atom. The summed E-state index contributed by atoms with van der Waals surface area (Å²) in [7, 11) is 0. The second-order valence-corrected chi connectivity index (χ2v) is 4.62. The fourth-order valence-corrected chi connectivity index (χ4v) is 2.16. The van der Waals surface area contributed by atoms with Gasteiger partial charge in [-0.15, -0.1) is 0 Å². The molecular formula is C13H21N5O. The molecule has 0 spiro atoms. The van der Waals surface area contributed by atoms with E-state index in [9.17, 15) is 4.79 Å². The molecule has 0 radical (unpaired) electrons. The van der Waals surface area contributed by atoms with E-state index >= 15 is 0 Å². The maximum absolute atomic E-state index is 11.7. The van der Waals surface area contributed by atoms with E-state index in [4.69, 9.17) is 0 Å². The van der Waals surface area contributed by atoms with Gasteiger partial charge in [-0.3, -0.25) is 14.7 Å². The molecule has 0 aliphatic carbocycles. The lowest BCUT2D eigenvalue weighted by atomic mass is 10.3. The quantitative estimate of drug-likeness (QED) is 0.800. The van der Waals surface area contributed by atoms with Crippen molar-refractivity contribution >= 4 is 5.91 Å². The van der Waals surface area contributed by atoms with Crippen LogP contribution in [0.1, 0.15) is 17.4 Å². The lowest BCUT2D eigenvalue weighted by Gasteiger charge is -2.33. The largest absolute Gasteiger partial charge is 0.349 e. The predicted octanol–water partition coefficient (Wildman–Crippen LogP) is -0.156. The van der Waals surface area contributed by atoms with Crippen molar-refractivity contribution in [2.75, 3.05) is 45.8 Å². The van der Waals surface area contributed by atoms with E-state index in [1.165, 1.54) is 12.4 Å². The van der Waals surface area contributed by atoms with Gasteiger partial charge in [-0.05, 0) is 6.54 Å². The summed E-state index contributed by atoms with van der Waals surface area (Å²) in [5.41, 5.74) is 0.373. The van der Waals surface area contributed by atoms with Gasteiger partial charge >= 0.3 is 0 Å². The molecule has 104 valence electrons. The van der Waals surface area contributed by atoms with Crippen molar-refractivity contribution in [2.24, 2.45) is 0 Å². The van der Waals surface area contributed by atoms with Crippen molar-refractivity contribution in [3.63, 3.8) is 0 Å². The zero-order valence-corrected chi connectivity index (χ0v) is 11.4. The van der Waals surface area contributed by atoms with Crippen molar-refractivity contribution in [2.45, 2.75) is 6.92 Å². The summed E-state index contributed by atoms with van der Waals surface area (Å²) in [4.78, 5) is 24.4. The number of hydrogen-bond donors (Lipinski definition) is 1. The minimum Gasteiger partial charge on any atom is -0.349 e. The van der Waals surface area contributed by atoms with Gasteiger partial charge in [0, 0.05) is 51.7 Å². The van der Waals surface area contributed by atoms with Crippen LogP contribution in [-0.2, 0) is 0 Å². The lowest BCUT2D eigenvalue weighted by molar-refractivity contribution is 0.0932. The Bertz CT molecular complexity index is 389. The molecule has 1 aliphatic heterocycles. The molecule has 1 saturated heterocycles. The van der Waals surface area contributed by atoms with Crippen molar-refractivity contribution in [3.8, 4) is 0 Å². The highest BCUT2D eigenvalue weighted by atomic mass is 16.1. The minimum absolute atomic E-state index is 0.153. The summed E-state index contributed by atoms with van der Waals surface area (Å²) in [6, 6.07) is 0. The molecule has 0 saturated carbocycles. The van der Waals surface area contributed by atoms with E-state index in [1.807, 2.05) is 0 Å². The third kappa shape index (κ3) is 4.25.